The molecule has 0 atom stereocenters. The van der Waals surface area contributed by atoms with Crippen LogP contribution in [0.2, 0.25) is 0 Å². The lowest BCUT2D eigenvalue weighted by Gasteiger charge is -2.08. The molecule has 0 aliphatic carbocycles. The standard InChI is InChI=1S/C13H9F3N2O2/c14-9-3-4-10(12(16)11(9)15)18-6-8-2-1-7(5-17-8)13(19)20/h1-5,18H,6H2,(H,19,20). The van der Waals surface area contributed by atoms with Gasteiger partial charge in [-0.15, -0.1) is 0 Å². The number of carboxylic acid groups (broad SMARTS) is 1. The fraction of sp³-hybridized carbons (Fsp3) is 0.0769. The van der Waals surface area contributed by atoms with Gasteiger partial charge < -0.3 is 10.4 Å². The van der Waals surface area contributed by atoms with E-state index >= 15 is 0 Å². The highest BCUT2D eigenvalue weighted by atomic mass is 19.2. The van der Waals surface area contributed by atoms with Crippen LogP contribution in [0.5, 0.6) is 0 Å². The van der Waals surface area contributed by atoms with Crippen LogP contribution in [0.25, 0.3) is 0 Å². The van der Waals surface area contributed by atoms with Gasteiger partial charge in [0.25, 0.3) is 0 Å². The SMILES string of the molecule is O=C(O)c1ccc(CNc2ccc(F)c(F)c2F)nc1. The molecule has 104 valence electrons. The molecular weight excluding hydrogens is 273 g/mol. The molecule has 0 radical (unpaired) electrons. The summed E-state index contributed by atoms with van der Waals surface area (Å²) in [6, 6.07) is 4.66. The molecule has 20 heavy (non-hydrogen) atoms. The third kappa shape index (κ3) is 2.87. The Bertz CT molecular complexity index is 645. The van der Waals surface area contributed by atoms with Gasteiger partial charge in [-0.2, -0.15) is 0 Å². The van der Waals surface area contributed by atoms with Crippen molar-refractivity contribution in [3.05, 3.63) is 59.2 Å². The van der Waals surface area contributed by atoms with Crippen molar-refractivity contribution >= 4 is 11.7 Å². The summed E-state index contributed by atoms with van der Waals surface area (Å²) in [5.74, 6) is -5.24. The third-order valence-electron chi connectivity index (χ3n) is 2.57. The van der Waals surface area contributed by atoms with Crippen LogP contribution in [0, 0.1) is 17.5 Å². The number of halogens is 3. The molecule has 0 bridgehead atoms. The molecule has 0 saturated carbocycles. The average Bonchev–Trinajstić information content (AvgIpc) is 2.44. The van der Waals surface area contributed by atoms with Gasteiger partial charge in [0.05, 0.1) is 23.5 Å². The van der Waals surface area contributed by atoms with Crippen LogP contribution in [0.1, 0.15) is 16.1 Å². The predicted molar refractivity (Wildman–Crippen MR) is 64.8 cm³/mol. The number of nitrogens with one attached hydrogen (secondary N) is 1. The largest absolute Gasteiger partial charge is 0.478 e. The van der Waals surface area contributed by atoms with Crippen molar-refractivity contribution in [1.29, 1.82) is 0 Å². The summed E-state index contributed by atoms with van der Waals surface area (Å²) in [6.07, 6.45) is 1.15. The maximum Gasteiger partial charge on any atom is 0.337 e. The Morgan fingerprint density at radius 1 is 1.15 bits per heavy atom. The third-order valence-corrected chi connectivity index (χ3v) is 2.57. The van der Waals surface area contributed by atoms with E-state index in [1.807, 2.05) is 0 Å². The van der Waals surface area contributed by atoms with Gasteiger partial charge in [-0.1, -0.05) is 0 Å². The van der Waals surface area contributed by atoms with E-state index in [0.29, 0.717) is 5.69 Å². The Hall–Kier alpha value is -2.57. The van der Waals surface area contributed by atoms with E-state index in [9.17, 15) is 18.0 Å². The molecule has 1 heterocycles. The first-order chi connectivity index (χ1) is 9.49. The monoisotopic (exact) mass is 282 g/mol. The number of aromatic nitrogens is 1. The first-order valence-electron chi connectivity index (χ1n) is 5.54. The van der Waals surface area contributed by atoms with Crippen LogP contribution in [0.4, 0.5) is 18.9 Å². The number of nitrogens with zero attached hydrogens (tertiary/aromatic N) is 1. The molecule has 2 N–H and O–H groups in total. The number of pyridine rings is 1. The molecule has 0 fully saturated rings. The summed E-state index contributed by atoms with van der Waals surface area (Å²) >= 11 is 0. The van der Waals surface area contributed by atoms with Crippen molar-refractivity contribution in [3.8, 4) is 0 Å². The summed E-state index contributed by atoms with van der Waals surface area (Å²) in [5, 5.41) is 11.2. The summed E-state index contributed by atoms with van der Waals surface area (Å²) < 4.78 is 39.1. The Kier molecular flexibility index (Phi) is 3.88. The fourth-order valence-corrected chi connectivity index (χ4v) is 1.50. The number of hydrogen-bond acceptors (Lipinski definition) is 3. The van der Waals surface area contributed by atoms with E-state index in [1.165, 1.54) is 12.1 Å². The molecule has 7 heteroatoms. The number of benzene rings is 1. The zero-order valence-electron chi connectivity index (χ0n) is 10.0. The highest BCUT2D eigenvalue weighted by molar-refractivity contribution is 5.87. The van der Waals surface area contributed by atoms with Crippen molar-refractivity contribution in [2.75, 3.05) is 5.32 Å². The summed E-state index contributed by atoms with van der Waals surface area (Å²) in [7, 11) is 0. The van der Waals surface area contributed by atoms with E-state index in [4.69, 9.17) is 5.11 Å². The van der Waals surface area contributed by atoms with E-state index in [0.717, 1.165) is 18.3 Å². The Morgan fingerprint density at radius 2 is 1.90 bits per heavy atom. The smallest absolute Gasteiger partial charge is 0.337 e. The highest BCUT2D eigenvalue weighted by Crippen LogP contribution is 2.20. The van der Waals surface area contributed by atoms with E-state index < -0.39 is 23.4 Å². The van der Waals surface area contributed by atoms with Crippen LogP contribution < -0.4 is 5.32 Å². The van der Waals surface area contributed by atoms with Gasteiger partial charge in [-0.25, -0.2) is 18.0 Å². The molecule has 0 aliphatic heterocycles. The second-order valence-electron chi connectivity index (χ2n) is 3.92. The number of rotatable bonds is 4. The Labute approximate surface area is 111 Å². The Balaban J connectivity index is 2.09. The van der Waals surface area contributed by atoms with Crippen molar-refractivity contribution < 1.29 is 23.1 Å². The number of anilines is 1. The normalized spacial score (nSPS) is 10.3. The van der Waals surface area contributed by atoms with Gasteiger partial charge in [0.1, 0.15) is 0 Å². The minimum absolute atomic E-state index is 0.0211. The van der Waals surface area contributed by atoms with Crippen molar-refractivity contribution in [2.45, 2.75) is 6.54 Å². The van der Waals surface area contributed by atoms with Crippen LogP contribution >= 0.6 is 0 Å². The van der Waals surface area contributed by atoms with Crippen molar-refractivity contribution in [3.63, 3.8) is 0 Å². The molecule has 1 aromatic carbocycles. The van der Waals surface area contributed by atoms with Gasteiger partial charge in [0.2, 0.25) is 0 Å². The molecule has 1 aromatic heterocycles. The predicted octanol–water partition coefficient (Wildman–Crippen LogP) is 2.81. The molecule has 0 unspecified atom stereocenters. The van der Waals surface area contributed by atoms with Crippen molar-refractivity contribution in [1.82, 2.24) is 4.98 Å². The molecular formula is C13H9F3N2O2. The highest BCUT2D eigenvalue weighted by Gasteiger charge is 2.13. The summed E-state index contributed by atoms with van der Waals surface area (Å²) in [5.41, 5.74) is 0.250. The minimum Gasteiger partial charge on any atom is -0.478 e. The second kappa shape index (κ2) is 5.60. The summed E-state index contributed by atoms with van der Waals surface area (Å²) in [4.78, 5) is 14.5. The molecule has 0 saturated heterocycles. The molecule has 2 rings (SSSR count). The van der Waals surface area contributed by atoms with Crippen LogP contribution in [-0.4, -0.2) is 16.1 Å². The van der Waals surface area contributed by atoms with Gasteiger partial charge in [-0.05, 0) is 24.3 Å². The second-order valence-corrected chi connectivity index (χ2v) is 3.92. The first kappa shape index (κ1) is 13.9. The van der Waals surface area contributed by atoms with Crippen molar-refractivity contribution in [2.24, 2.45) is 0 Å². The number of carbonyl (C=O) groups is 1. The quantitative estimate of drug-likeness (QED) is 0.846. The zero-order valence-corrected chi connectivity index (χ0v) is 10.0. The summed E-state index contributed by atoms with van der Waals surface area (Å²) in [6.45, 7) is 0.0435. The number of hydrogen-bond donors (Lipinski definition) is 2. The van der Waals surface area contributed by atoms with E-state index in [-0.39, 0.29) is 17.8 Å². The molecule has 0 aliphatic rings. The Morgan fingerprint density at radius 3 is 2.50 bits per heavy atom. The maximum atomic E-state index is 13.4. The van der Waals surface area contributed by atoms with E-state index in [1.54, 1.807) is 0 Å². The van der Waals surface area contributed by atoms with Gasteiger partial charge in [0, 0.05) is 6.20 Å². The van der Waals surface area contributed by atoms with Gasteiger partial charge in [0.15, 0.2) is 17.5 Å². The van der Waals surface area contributed by atoms with Crippen LogP contribution in [0.15, 0.2) is 30.5 Å². The zero-order chi connectivity index (χ0) is 14.7. The average molecular weight is 282 g/mol. The molecule has 0 spiro atoms. The minimum atomic E-state index is -1.55. The lowest BCUT2D eigenvalue weighted by molar-refractivity contribution is 0.0696. The van der Waals surface area contributed by atoms with Gasteiger partial charge in [-0.3, -0.25) is 4.98 Å². The van der Waals surface area contributed by atoms with Crippen LogP contribution in [0.3, 0.4) is 0 Å². The molecule has 0 amide bonds. The lowest BCUT2D eigenvalue weighted by Crippen LogP contribution is -2.06. The van der Waals surface area contributed by atoms with Gasteiger partial charge >= 0.3 is 5.97 Å². The van der Waals surface area contributed by atoms with Crippen LogP contribution in [-0.2, 0) is 6.54 Å². The molecule has 2 aromatic rings. The fourth-order valence-electron chi connectivity index (χ4n) is 1.50. The van der Waals surface area contributed by atoms with E-state index in [2.05, 4.69) is 10.3 Å². The first-order valence-corrected chi connectivity index (χ1v) is 5.54. The lowest BCUT2D eigenvalue weighted by atomic mass is 10.2. The number of carboxylic acids is 1. The topological polar surface area (TPSA) is 62.2 Å². The molecule has 4 nitrogen and oxygen atoms in total. The number of aromatic carboxylic acids is 1. The maximum absolute atomic E-state index is 13.4.